The van der Waals surface area contributed by atoms with Crippen LogP contribution in [0.4, 0.5) is 11.4 Å². The van der Waals surface area contributed by atoms with Crippen molar-refractivity contribution < 1.29 is 13.2 Å². The normalized spacial score (nSPS) is 15.8. The summed E-state index contributed by atoms with van der Waals surface area (Å²) in [5.74, 6) is 0.965. The summed E-state index contributed by atoms with van der Waals surface area (Å²) in [6.45, 7) is 8.84. The third-order valence-electron chi connectivity index (χ3n) is 5.02. The molecule has 1 heterocycles. The van der Waals surface area contributed by atoms with Gasteiger partial charge in [-0.2, -0.15) is 0 Å². The monoisotopic (exact) mass is 395 g/mol. The van der Waals surface area contributed by atoms with Crippen LogP contribution in [-0.4, -0.2) is 46.8 Å². The van der Waals surface area contributed by atoms with Gasteiger partial charge in [0.2, 0.25) is 15.9 Å². The summed E-state index contributed by atoms with van der Waals surface area (Å²) >= 11 is 0. The Bertz CT molecular complexity index is 708. The Morgan fingerprint density at radius 1 is 1.22 bits per heavy atom. The molecule has 2 rings (SSSR count). The zero-order valence-corrected chi connectivity index (χ0v) is 17.8. The average molecular weight is 396 g/mol. The minimum atomic E-state index is -3.54. The molecule has 7 heteroatoms. The maximum Gasteiger partial charge on any atom is 0.240 e. The summed E-state index contributed by atoms with van der Waals surface area (Å²) in [7, 11) is -3.54. The lowest BCUT2D eigenvalue weighted by atomic mass is 9.99. The molecule has 0 atom stereocenters. The van der Waals surface area contributed by atoms with Crippen molar-refractivity contribution >= 4 is 27.3 Å². The fraction of sp³-hybridized carbons (Fsp3) is 0.650. The molecular formula is C20H33N3O3S. The molecule has 152 valence electrons. The largest absolute Gasteiger partial charge is 0.372 e. The molecular weight excluding hydrogens is 362 g/mol. The van der Waals surface area contributed by atoms with Crippen molar-refractivity contribution in [3.05, 3.63) is 24.3 Å². The number of hydrogen-bond donors (Lipinski definition) is 1. The van der Waals surface area contributed by atoms with Crippen LogP contribution in [0.3, 0.4) is 0 Å². The molecule has 1 aliphatic heterocycles. The van der Waals surface area contributed by atoms with Gasteiger partial charge in [0.15, 0.2) is 0 Å². The molecule has 1 aromatic rings. The molecule has 0 aliphatic carbocycles. The van der Waals surface area contributed by atoms with Crippen molar-refractivity contribution in [2.24, 2.45) is 11.8 Å². The zero-order valence-electron chi connectivity index (χ0n) is 16.9. The van der Waals surface area contributed by atoms with Gasteiger partial charge in [0.1, 0.15) is 6.54 Å². The molecule has 1 aromatic carbocycles. The van der Waals surface area contributed by atoms with Crippen molar-refractivity contribution in [2.45, 2.75) is 40.0 Å². The van der Waals surface area contributed by atoms with E-state index in [1.807, 2.05) is 12.1 Å². The fourth-order valence-electron chi connectivity index (χ4n) is 3.18. The summed E-state index contributed by atoms with van der Waals surface area (Å²) in [4.78, 5) is 14.5. The van der Waals surface area contributed by atoms with Gasteiger partial charge in [0.05, 0.1) is 11.9 Å². The van der Waals surface area contributed by atoms with Crippen LogP contribution in [-0.2, 0) is 14.8 Å². The number of benzene rings is 1. The summed E-state index contributed by atoms with van der Waals surface area (Å²) < 4.78 is 25.6. The molecule has 0 aromatic heterocycles. The van der Waals surface area contributed by atoms with Crippen LogP contribution in [0.2, 0.25) is 0 Å². The number of amides is 1. The van der Waals surface area contributed by atoms with E-state index in [0.717, 1.165) is 37.4 Å². The first kappa shape index (κ1) is 21.5. The van der Waals surface area contributed by atoms with Gasteiger partial charge in [-0.05, 0) is 55.4 Å². The van der Waals surface area contributed by atoms with E-state index in [-0.39, 0.29) is 12.5 Å². The van der Waals surface area contributed by atoms with Gasteiger partial charge in [-0.15, -0.1) is 0 Å². The lowest BCUT2D eigenvalue weighted by Gasteiger charge is -2.32. The molecule has 0 bridgehead atoms. The molecule has 0 radical (unpaired) electrons. The van der Waals surface area contributed by atoms with Crippen molar-refractivity contribution in [3.63, 3.8) is 0 Å². The van der Waals surface area contributed by atoms with Gasteiger partial charge in [0, 0.05) is 25.3 Å². The fourth-order valence-corrected chi connectivity index (χ4v) is 4.04. The number of hydrogen-bond acceptors (Lipinski definition) is 4. The quantitative estimate of drug-likeness (QED) is 0.735. The highest BCUT2D eigenvalue weighted by atomic mass is 32.2. The predicted molar refractivity (Wildman–Crippen MR) is 112 cm³/mol. The van der Waals surface area contributed by atoms with Crippen molar-refractivity contribution in [1.82, 2.24) is 5.32 Å². The van der Waals surface area contributed by atoms with Crippen LogP contribution in [0.5, 0.6) is 0 Å². The number of anilines is 2. The van der Waals surface area contributed by atoms with Crippen LogP contribution in [0.15, 0.2) is 24.3 Å². The zero-order chi connectivity index (χ0) is 20.0. The predicted octanol–water partition coefficient (Wildman–Crippen LogP) is 2.85. The lowest BCUT2D eigenvalue weighted by Crippen LogP contribution is -2.40. The summed E-state index contributed by atoms with van der Waals surface area (Å²) in [6.07, 6.45) is 4.35. The van der Waals surface area contributed by atoms with Gasteiger partial charge in [-0.25, -0.2) is 8.42 Å². The van der Waals surface area contributed by atoms with Crippen LogP contribution in [0.1, 0.15) is 40.0 Å². The lowest BCUT2D eigenvalue weighted by molar-refractivity contribution is -0.119. The van der Waals surface area contributed by atoms with E-state index in [1.54, 1.807) is 12.1 Å². The summed E-state index contributed by atoms with van der Waals surface area (Å²) in [6, 6.07) is 7.46. The van der Waals surface area contributed by atoms with Gasteiger partial charge in [-0.3, -0.25) is 9.10 Å². The van der Waals surface area contributed by atoms with E-state index in [4.69, 9.17) is 0 Å². The van der Waals surface area contributed by atoms with E-state index in [9.17, 15) is 13.2 Å². The van der Waals surface area contributed by atoms with E-state index in [2.05, 4.69) is 31.0 Å². The van der Waals surface area contributed by atoms with E-state index >= 15 is 0 Å². The highest BCUT2D eigenvalue weighted by Crippen LogP contribution is 2.26. The van der Waals surface area contributed by atoms with Crippen LogP contribution < -0.4 is 14.5 Å². The first-order valence-corrected chi connectivity index (χ1v) is 11.6. The Hall–Kier alpha value is -1.76. The number of carbonyl (C=O) groups is 1. The number of nitrogens with one attached hydrogen (secondary N) is 1. The second-order valence-electron chi connectivity index (χ2n) is 7.99. The third-order valence-corrected chi connectivity index (χ3v) is 6.16. The van der Waals surface area contributed by atoms with Crippen LogP contribution in [0.25, 0.3) is 0 Å². The second-order valence-corrected chi connectivity index (χ2v) is 9.89. The Morgan fingerprint density at radius 3 is 2.33 bits per heavy atom. The Kier molecular flexibility index (Phi) is 7.53. The number of sulfonamides is 1. The first-order chi connectivity index (χ1) is 12.7. The minimum Gasteiger partial charge on any atom is -0.372 e. The second kappa shape index (κ2) is 9.44. The Morgan fingerprint density at radius 2 is 1.81 bits per heavy atom. The Balaban J connectivity index is 2.05. The molecule has 1 fully saturated rings. The number of piperidine rings is 1. The highest BCUT2D eigenvalue weighted by molar-refractivity contribution is 7.92. The van der Waals surface area contributed by atoms with Crippen molar-refractivity contribution in [1.29, 1.82) is 0 Å². The number of carbonyl (C=O) groups excluding carboxylic acids is 1. The molecule has 27 heavy (non-hydrogen) atoms. The summed E-state index contributed by atoms with van der Waals surface area (Å²) in [5.41, 5.74) is 1.62. The van der Waals surface area contributed by atoms with Gasteiger partial charge in [0.25, 0.3) is 0 Å². The van der Waals surface area contributed by atoms with E-state index in [1.165, 1.54) is 17.1 Å². The summed E-state index contributed by atoms with van der Waals surface area (Å²) in [5, 5.41) is 2.80. The molecule has 0 spiro atoms. The smallest absolute Gasteiger partial charge is 0.240 e. The molecule has 0 saturated carbocycles. The van der Waals surface area contributed by atoms with Gasteiger partial charge >= 0.3 is 0 Å². The SMILES string of the molecule is CC(C)CCNC(=O)CN(c1ccc(N2CCC(C)CC2)cc1)S(C)(=O)=O. The molecule has 1 aliphatic rings. The first-order valence-electron chi connectivity index (χ1n) is 9.76. The van der Waals surface area contributed by atoms with Gasteiger partial charge in [-0.1, -0.05) is 20.8 Å². The maximum atomic E-state index is 12.2. The van der Waals surface area contributed by atoms with E-state index in [0.29, 0.717) is 18.2 Å². The minimum absolute atomic E-state index is 0.197. The average Bonchev–Trinajstić information content (AvgIpc) is 2.59. The van der Waals surface area contributed by atoms with Crippen molar-refractivity contribution in [3.8, 4) is 0 Å². The topological polar surface area (TPSA) is 69.7 Å². The third kappa shape index (κ3) is 6.72. The number of nitrogens with zero attached hydrogens (tertiary/aromatic N) is 2. The molecule has 1 saturated heterocycles. The molecule has 0 unspecified atom stereocenters. The van der Waals surface area contributed by atoms with Crippen LogP contribution >= 0.6 is 0 Å². The maximum absolute atomic E-state index is 12.2. The Labute approximate surface area is 164 Å². The van der Waals surface area contributed by atoms with Crippen LogP contribution in [0, 0.1) is 11.8 Å². The molecule has 6 nitrogen and oxygen atoms in total. The highest BCUT2D eigenvalue weighted by Gasteiger charge is 2.22. The standard InChI is InChI=1S/C20H33N3O3S/c1-16(2)9-12-21-20(24)15-23(27(4,25)26)19-7-5-18(6-8-19)22-13-10-17(3)11-14-22/h5-8,16-17H,9-15H2,1-4H3,(H,21,24). The molecule has 1 amide bonds. The van der Waals surface area contributed by atoms with E-state index < -0.39 is 10.0 Å². The van der Waals surface area contributed by atoms with Gasteiger partial charge < -0.3 is 10.2 Å². The van der Waals surface area contributed by atoms with Crippen molar-refractivity contribution in [2.75, 3.05) is 41.6 Å². The molecule has 1 N–H and O–H groups in total. The number of rotatable bonds is 8.